The van der Waals surface area contributed by atoms with Crippen LogP contribution in [0.1, 0.15) is 31.7 Å². The molecule has 0 unspecified atom stereocenters. The molecule has 0 aromatic heterocycles. The van der Waals surface area contributed by atoms with E-state index in [0.29, 0.717) is 5.02 Å². The first-order valence-electron chi connectivity index (χ1n) is 5.98. The summed E-state index contributed by atoms with van der Waals surface area (Å²) in [6, 6.07) is 3.72. The van der Waals surface area contributed by atoms with Crippen molar-refractivity contribution in [1.82, 2.24) is 0 Å². The third-order valence-corrected chi connectivity index (χ3v) is 3.45. The lowest BCUT2D eigenvalue weighted by molar-refractivity contribution is 0.474. The topological polar surface area (TPSA) is 23.5 Å². The van der Waals surface area contributed by atoms with Gasteiger partial charge >= 0.3 is 0 Å². The number of rotatable bonds is 3. The summed E-state index contributed by atoms with van der Waals surface area (Å²) < 4.78 is 0. The first kappa shape index (κ1) is 11.6. The number of aryl methyl sites for hydroxylation is 1. The first-order chi connectivity index (χ1) is 7.72. The Bertz CT molecular complexity index is 378. The van der Waals surface area contributed by atoms with Gasteiger partial charge in [-0.15, -0.1) is 0 Å². The highest BCUT2D eigenvalue weighted by atomic mass is 35.5. The average molecular weight is 240 g/mol. The van der Waals surface area contributed by atoms with Crippen molar-refractivity contribution in [2.75, 3.05) is 18.0 Å². The molecule has 0 saturated heterocycles. The molecule has 0 bridgehead atoms. The van der Waals surface area contributed by atoms with Gasteiger partial charge in [-0.05, 0) is 37.0 Å². The number of phenolic OH excluding ortho intramolecular Hbond substituents is 1. The fourth-order valence-electron chi connectivity index (χ4n) is 2.25. The minimum absolute atomic E-state index is 0.206. The van der Waals surface area contributed by atoms with E-state index in [-0.39, 0.29) is 5.75 Å². The number of phenols is 1. The van der Waals surface area contributed by atoms with Crippen molar-refractivity contribution in [3.8, 4) is 5.75 Å². The van der Waals surface area contributed by atoms with Gasteiger partial charge in [-0.2, -0.15) is 0 Å². The predicted molar refractivity (Wildman–Crippen MR) is 68.6 cm³/mol. The maximum atomic E-state index is 9.59. The molecular formula is C13H18ClNO. The zero-order valence-electron chi connectivity index (χ0n) is 9.67. The second-order valence-electron chi connectivity index (χ2n) is 4.38. The van der Waals surface area contributed by atoms with Gasteiger partial charge in [0.1, 0.15) is 5.75 Å². The number of aromatic hydroxyl groups is 1. The van der Waals surface area contributed by atoms with Crippen molar-refractivity contribution >= 4 is 17.3 Å². The summed E-state index contributed by atoms with van der Waals surface area (Å²) in [5.41, 5.74) is 2.44. The fraction of sp³-hybridized carbons (Fsp3) is 0.538. The summed E-state index contributed by atoms with van der Waals surface area (Å²) in [7, 11) is 0. The molecule has 0 atom stereocenters. The minimum Gasteiger partial charge on any atom is -0.506 e. The highest BCUT2D eigenvalue weighted by Crippen LogP contribution is 2.35. The Morgan fingerprint density at radius 3 is 3.00 bits per heavy atom. The molecule has 1 aromatic carbocycles. The molecule has 0 radical (unpaired) electrons. The van der Waals surface area contributed by atoms with Gasteiger partial charge in [-0.3, -0.25) is 0 Å². The Labute approximate surface area is 102 Å². The molecule has 0 amide bonds. The van der Waals surface area contributed by atoms with E-state index < -0.39 is 0 Å². The smallest absolute Gasteiger partial charge is 0.134 e. The van der Waals surface area contributed by atoms with Crippen LogP contribution in [0.15, 0.2) is 12.1 Å². The van der Waals surface area contributed by atoms with Crippen LogP contribution in [0.25, 0.3) is 0 Å². The molecular weight excluding hydrogens is 222 g/mol. The Morgan fingerprint density at radius 1 is 1.44 bits per heavy atom. The van der Waals surface area contributed by atoms with Crippen LogP contribution in [-0.4, -0.2) is 18.2 Å². The van der Waals surface area contributed by atoms with E-state index in [1.165, 1.54) is 24.1 Å². The molecule has 1 aliphatic rings. The van der Waals surface area contributed by atoms with Gasteiger partial charge in [0.15, 0.2) is 0 Å². The number of hydrogen-bond donors (Lipinski definition) is 1. The lowest BCUT2D eigenvalue weighted by Gasteiger charge is -2.31. The molecule has 2 nitrogen and oxygen atoms in total. The SMILES string of the molecule is CCCCN1CCCc2cc(O)c(Cl)cc21. The molecule has 0 spiro atoms. The Hall–Kier alpha value is -0.890. The van der Waals surface area contributed by atoms with Gasteiger partial charge in [0, 0.05) is 18.8 Å². The fourth-order valence-corrected chi connectivity index (χ4v) is 2.41. The quantitative estimate of drug-likeness (QED) is 0.871. The molecule has 3 heteroatoms. The zero-order chi connectivity index (χ0) is 11.5. The third-order valence-electron chi connectivity index (χ3n) is 3.14. The van der Waals surface area contributed by atoms with Crippen molar-refractivity contribution in [3.63, 3.8) is 0 Å². The van der Waals surface area contributed by atoms with Crippen molar-refractivity contribution < 1.29 is 5.11 Å². The average Bonchev–Trinajstić information content (AvgIpc) is 2.28. The summed E-state index contributed by atoms with van der Waals surface area (Å²) in [6.45, 7) is 4.40. The maximum absolute atomic E-state index is 9.59. The van der Waals surface area contributed by atoms with E-state index >= 15 is 0 Å². The van der Waals surface area contributed by atoms with E-state index in [1.54, 1.807) is 0 Å². The standard InChI is InChI=1S/C13H18ClNO/c1-2-3-6-15-7-4-5-10-8-13(16)11(14)9-12(10)15/h8-9,16H,2-7H2,1H3. The second kappa shape index (κ2) is 4.96. The van der Waals surface area contributed by atoms with Crippen LogP contribution in [0.5, 0.6) is 5.75 Å². The van der Waals surface area contributed by atoms with Crippen molar-refractivity contribution in [2.24, 2.45) is 0 Å². The Morgan fingerprint density at radius 2 is 2.25 bits per heavy atom. The van der Waals surface area contributed by atoms with Gasteiger partial charge in [0.2, 0.25) is 0 Å². The largest absolute Gasteiger partial charge is 0.506 e. The summed E-state index contributed by atoms with van der Waals surface area (Å²) >= 11 is 5.97. The molecule has 16 heavy (non-hydrogen) atoms. The van der Waals surface area contributed by atoms with E-state index in [4.69, 9.17) is 11.6 Å². The molecule has 0 aliphatic carbocycles. The van der Waals surface area contributed by atoms with Crippen LogP contribution in [0.4, 0.5) is 5.69 Å². The van der Waals surface area contributed by atoms with Crippen LogP contribution >= 0.6 is 11.6 Å². The van der Waals surface area contributed by atoms with Crippen LogP contribution < -0.4 is 4.90 Å². The number of nitrogens with zero attached hydrogens (tertiary/aromatic N) is 1. The number of halogens is 1. The van der Waals surface area contributed by atoms with Gasteiger partial charge in [0.25, 0.3) is 0 Å². The molecule has 1 heterocycles. The van der Waals surface area contributed by atoms with E-state index in [0.717, 1.165) is 25.9 Å². The van der Waals surface area contributed by atoms with E-state index in [2.05, 4.69) is 11.8 Å². The molecule has 1 aromatic rings. The Kier molecular flexibility index (Phi) is 3.59. The highest BCUT2D eigenvalue weighted by molar-refractivity contribution is 6.32. The van der Waals surface area contributed by atoms with E-state index in [9.17, 15) is 5.11 Å². The van der Waals surface area contributed by atoms with Crippen LogP contribution in [-0.2, 0) is 6.42 Å². The lowest BCUT2D eigenvalue weighted by Crippen LogP contribution is -2.30. The molecule has 0 saturated carbocycles. The zero-order valence-corrected chi connectivity index (χ0v) is 10.4. The summed E-state index contributed by atoms with van der Waals surface area (Å²) in [4.78, 5) is 2.38. The minimum atomic E-state index is 0.206. The van der Waals surface area contributed by atoms with Crippen molar-refractivity contribution in [1.29, 1.82) is 0 Å². The summed E-state index contributed by atoms with van der Waals surface area (Å²) in [6.07, 6.45) is 4.62. The molecule has 0 fully saturated rings. The molecule has 1 N–H and O–H groups in total. The van der Waals surface area contributed by atoms with Crippen molar-refractivity contribution in [2.45, 2.75) is 32.6 Å². The van der Waals surface area contributed by atoms with Gasteiger partial charge < -0.3 is 10.0 Å². The predicted octanol–water partition coefficient (Wildman–Crippen LogP) is 3.60. The van der Waals surface area contributed by atoms with Gasteiger partial charge in [-0.25, -0.2) is 0 Å². The highest BCUT2D eigenvalue weighted by Gasteiger charge is 2.18. The van der Waals surface area contributed by atoms with Crippen LogP contribution in [0, 0.1) is 0 Å². The number of hydrogen-bond acceptors (Lipinski definition) is 2. The van der Waals surface area contributed by atoms with Crippen LogP contribution in [0.3, 0.4) is 0 Å². The molecule has 2 rings (SSSR count). The number of fused-ring (bicyclic) bond motifs is 1. The first-order valence-corrected chi connectivity index (χ1v) is 6.36. The normalized spacial score (nSPS) is 15.0. The summed E-state index contributed by atoms with van der Waals surface area (Å²) in [5.74, 6) is 0.206. The number of anilines is 1. The van der Waals surface area contributed by atoms with E-state index in [1.807, 2.05) is 12.1 Å². The number of benzene rings is 1. The summed E-state index contributed by atoms with van der Waals surface area (Å²) in [5, 5.41) is 10.0. The van der Waals surface area contributed by atoms with Crippen LogP contribution in [0.2, 0.25) is 5.02 Å². The Balaban J connectivity index is 2.27. The lowest BCUT2D eigenvalue weighted by atomic mass is 10.0. The molecule has 88 valence electrons. The van der Waals surface area contributed by atoms with Gasteiger partial charge in [-0.1, -0.05) is 24.9 Å². The number of unbranched alkanes of at least 4 members (excludes halogenated alkanes) is 1. The third kappa shape index (κ3) is 2.27. The van der Waals surface area contributed by atoms with Crippen molar-refractivity contribution in [3.05, 3.63) is 22.7 Å². The second-order valence-corrected chi connectivity index (χ2v) is 4.78. The monoisotopic (exact) mass is 239 g/mol. The molecule has 1 aliphatic heterocycles. The maximum Gasteiger partial charge on any atom is 0.134 e. The van der Waals surface area contributed by atoms with Gasteiger partial charge in [0.05, 0.1) is 5.02 Å².